The fraction of sp³-hybridized carbons (Fsp3) is 0.0882. The molecule has 5 aromatic carbocycles. The fourth-order valence-corrected chi connectivity index (χ4v) is 6.49. The highest BCUT2D eigenvalue weighted by atomic mass is 15.0. The largest absolute Gasteiger partial charge is 0.308 e. The van der Waals surface area contributed by atoms with Gasteiger partial charge in [0, 0.05) is 33.3 Å². The van der Waals surface area contributed by atoms with Gasteiger partial charge in [-0.05, 0) is 69.9 Å². The summed E-state index contributed by atoms with van der Waals surface area (Å²) in [6.45, 7) is 4.74. The molecular formula is C34H24N2. The van der Waals surface area contributed by atoms with Crippen molar-refractivity contribution in [2.24, 2.45) is 0 Å². The van der Waals surface area contributed by atoms with Crippen molar-refractivity contribution < 1.29 is 0 Å². The topological polar surface area (TPSA) is 17.8 Å². The number of pyridine rings is 1. The normalized spacial score (nSPS) is 14.1. The summed E-state index contributed by atoms with van der Waals surface area (Å²) in [6.07, 6.45) is 1.87. The average molecular weight is 461 g/mol. The summed E-state index contributed by atoms with van der Waals surface area (Å²) in [5.74, 6) is 0. The molecule has 170 valence electrons. The molecule has 0 spiro atoms. The average Bonchev–Trinajstić information content (AvgIpc) is 3.36. The highest BCUT2D eigenvalue weighted by molar-refractivity contribution is 6.17. The van der Waals surface area contributed by atoms with Crippen molar-refractivity contribution in [2.45, 2.75) is 19.3 Å². The predicted octanol–water partition coefficient (Wildman–Crippen LogP) is 8.79. The van der Waals surface area contributed by atoms with Gasteiger partial charge in [-0.1, -0.05) is 74.5 Å². The molecule has 0 atom stereocenters. The quantitative estimate of drug-likeness (QED) is 0.239. The molecule has 1 aliphatic carbocycles. The smallest absolute Gasteiger partial charge is 0.0723 e. The van der Waals surface area contributed by atoms with Gasteiger partial charge in [0.05, 0.1) is 22.2 Å². The second-order valence-corrected chi connectivity index (χ2v) is 10.5. The van der Waals surface area contributed by atoms with Crippen molar-refractivity contribution in [3.05, 3.63) is 120 Å². The van der Waals surface area contributed by atoms with Crippen LogP contribution in [0.25, 0.3) is 60.3 Å². The van der Waals surface area contributed by atoms with E-state index in [1.165, 1.54) is 60.5 Å². The van der Waals surface area contributed by atoms with E-state index in [9.17, 15) is 0 Å². The first-order chi connectivity index (χ1) is 17.6. The van der Waals surface area contributed by atoms with Gasteiger partial charge < -0.3 is 4.57 Å². The van der Waals surface area contributed by atoms with Crippen molar-refractivity contribution >= 4 is 43.5 Å². The third-order valence-corrected chi connectivity index (χ3v) is 8.20. The molecule has 1 aliphatic rings. The lowest BCUT2D eigenvalue weighted by Gasteiger charge is -2.22. The van der Waals surface area contributed by atoms with Crippen LogP contribution in [0, 0.1) is 0 Å². The minimum Gasteiger partial charge on any atom is -0.308 e. The Labute approximate surface area is 209 Å². The van der Waals surface area contributed by atoms with E-state index in [4.69, 9.17) is 0 Å². The molecule has 0 bridgehead atoms. The molecule has 2 nitrogen and oxygen atoms in total. The minimum atomic E-state index is -0.0789. The number of benzene rings is 5. The highest BCUT2D eigenvalue weighted by Crippen LogP contribution is 2.54. The van der Waals surface area contributed by atoms with E-state index < -0.39 is 0 Å². The number of fused-ring (bicyclic) bond motifs is 9. The van der Waals surface area contributed by atoms with Crippen molar-refractivity contribution in [1.82, 2.24) is 9.55 Å². The van der Waals surface area contributed by atoms with E-state index >= 15 is 0 Å². The number of aromatic nitrogens is 2. The molecule has 2 heterocycles. The Kier molecular flexibility index (Phi) is 3.76. The van der Waals surface area contributed by atoms with Gasteiger partial charge in [-0.25, -0.2) is 0 Å². The van der Waals surface area contributed by atoms with Crippen LogP contribution in [0.2, 0.25) is 0 Å². The molecule has 0 amide bonds. The molecule has 8 rings (SSSR count). The van der Waals surface area contributed by atoms with Gasteiger partial charge >= 0.3 is 0 Å². The Balaban J connectivity index is 1.61. The summed E-state index contributed by atoms with van der Waals surface area (Å²) >= 11 is 0. The van der Waals surface area contributed by atoms with E-state index in [0.29, 0.717) is 0 Å². The number of hydrogen-bond acceptors (Lipinski definition) is 1. The van der Waals surface area contributed by atoms with Gasteiger partial charge in [0.1, 0.15) is 0 Å². The monoisotopic (exact) mass is 460 g/mol. The second-order valence-electron chi connectivity index (χ2n) is 10.5. The molecule has 0 fully saturated rings. The highest BCUT2D eigenvalue weighted by Gasteiger charge is 2.38. The van der Waals surface area contributed by atoms with E-state index in [2.05, 4.69) is 120 Å². The lowest BCUT2D eigenvalue weighted by molar-refractivity contribution is 0.661. The van der Waals surface area contributed by atoms with E-state index in [-0.39, 0.29) is 5.41 Å². The van der Waals surface area contributed by atoms with Gasteiger partial charge in [-0.2, -0.15) is 0 Å². The molecule has 7 aromatic rings. The fourth-order valence-electron chi connectivity index (χ4n) is 6.49. The van der Waals surface area contributed by atoms with Crippen LogP contribution in [0.15, 0.2) is 109 Å². The first-order valence-corrected chi connectivity index (χ1v) is 12.6. The van der Waals surface area contributed by atoms with Gasteiger partial charge in [0.15, 0.2) is 0 Å². The Morgan fingerprint density at radius 2 is 1.42 bits per heavy atom. The Morgan fingerprint density at radius 1 is 0.639 bits per heavy atom. The van der Waals surface area contributed by atoms with E-state index in [1.54, 1.807) is 0 Å². The van der Waals surface area contributed by atoms with Crippen molar-refractivity contribution in [1.29, 1.82) is 0 Å². The molecule has 0 aliphatic heterocycles. The third kappa shape index (κ3) is 2.43. The number of hydrogen-bond donors (Lipinski definition) is 0. The maximum atomic E-state index is 4.66. The van der Waals surface area contributed by atoms with Crippen LogP contribution in [-0.2, 0) is 5.41 Å². The molecule has 0 N–H and O–H groups in total. The standard InChI is InChI=1S/C34H24N2/c1-34(2)27-17-16-24-23-11-5-6-14-30(23)36(31-15-7-13-29-25(31)12-8-18-35-29)33(24)32(27)26-19-21-9-3-4-10-22(21)20-28(26)34/h3-20H,1-2H3. The third-order valence-electron chi connectivity index (χ3n) is 8.20. The maximum absolute atomic E-state index is 4.66. The zero-order chi connectivity index (χ0) is 24.0. The minimum absolute atomic E-state index is 0.0789. The summed E-state index contributed by atoms with van der Waals surface area (Å²) in [5.41, 5.74) is 10.1. The van der Waals surface area contributed by atoms with Crippen LogP contribution in [0.3, 0.4) is 0 Å². The van der Waals surface area contributed by atoms with Crippen molar-refractivity contribution in [2.75, 3.05) is 0 Å². The van der Waals surface area contributed by atoms with Crippen LogP contribution >= 0.6 is 0 Å². The van der Waals surface area contributed by atoms with Gasteiger partial charge in [0.25, 0.3) is 0 Å². The Hall–Kier alpha value is -4.43. The lowest BCUT2D eigenvalue weighted by atomic mass is 9.82. The Morgan fingerprint density at radius 3 is 2.31 bits per heavy atom. The van der Waals surface area contributed by atoms with Crippen LogP contribution in [-0.4, -0.2) is 9.55 Å². The van der Waals surface area contributed by atoms with Crippen molar-refractivity contribution in [3.63, 3.8) is 0 Å². The van der Waals surface area contributed by atoms with Gasteiger partial charge in [-0.3, -0.25) is 4.98 Å². The molecule has 0 saturated heterocycles. The van der Waals surface area contributed by atoms with Crippen molar-refractivity contribution in [3.8, 4) is 16.8 Å². The molecule has 0 radical (unpaired) electrons. The van der Waals surface area contributed by atoms with Crippen LogP contribution in [0.1, 0.15) is 25.0 Å². The molecule has 0 unspecified atom stereocenters. The van der Waals surface area contributed by atoms with Crippen LogP contribution in [0.5, 0.6) is 0 Å². The van der Waals surface area contributed by atoms with Crippen LogP contribution < -0.4 is 0 Å². The number of nitrogens with zero attached hydrogens (tertiary/aromatic N) is 2. The molecule has 36 heavy (non-hydrogen) atoms. The number of para-hydroxylation sites is 1. The molecule has 2 heteroatoms. The summed E-state index contributed by atoms with van der Waals surface area (Å²) in [4.78, 5) is 4.66. The van der Waals surface area contributed by atoms with E-state index in [1.807, 2.05) is 12.3 Å². The summed E-state index contributed by atoms with van der Waals surface area (Å²) in [7, 11) is 0. The molecule has 2 aromatic heterocycles. The Bertz CT molecular complexity index is 2020. The lowest BCUT2D eigenvalue weighted by Crippen LogP contribution is -2.14. The second kappa shape index (κ2) is 6.83. The number of rotatable bonds is 1. The van der Waals surface area contributed by atoms with E-state index in [0.717, 1.165) is 10.9 Å². The van der Waals surface area contributed by atoms with Crippen LogP contribution in [0.4, 0.5) is 0 Å². The molecular weight excluding hydrogens is 436 g/mol. The SMILES string of the molecule is CC1(C)c2cc3ccccc3cc2-c2c1ccc1c3ccccc3n(-c3cccc4ncccc34)c21. The zero-order valence-corrected chi connectivity index (χ0v) is 20.3. The first-order valence-electron chi connectivity index (χ1n) is 12.6. The summed E-state index contributed by atoms with van der Waals surface area (Å²) < 4.78 is 2.48. The summed E-state index contributed by atoms with van der Waals surface area (Å²) in [6, 6.07) is 37.7. The zero-order valence-electron chi connectivity index (χ0n) is 20.3. The predicted molar refractivity (Wildman–Crippen MR) is 151 cm³/mol. The maximum Gasteiger partial charge on any atom is 0.0723 e. The first kappa shape index (κ1) is 19.8. The van der Waals surface area contributed by atoms with Gasteiger partial charge in [0.2, 0.25) is 0 Å². The molecule has 0 saturated carbocycles. The summed E-state index contributed by atoms with van der Waals surface area (Å²) in [5, 5.41) is 6.32. The van der Waals surface area contributed by atoms with Gasteiger partial charge in [-0.15, -0.1) is 0 Å².